The van der Waals surface area contributed by atoms with Gasteiger partial charge in [0.15, 0.2) is 0 Å². The van der Waals surface area contributed by atoms with Crippen LogP contribution >= 0.6 is 0 Å². The van der Waals surface area contributed by atoms with E-state index < -0.39 is 0 Å². The van der Waals surface area contributed by atoms with Gasteiger partial charge in [-0.3, -0.25) is 9.69 Å². The van der Waals surface area contributed by atoms with Gasteiger partial charge in [0.2, 0.25) is 5.91 Å². The van der Waals surface area contributed by atoms with Gasteiger partial charge in [0.25, 0.3) is 0 Å². The lowest BCUT2D eigenvalue weighted by molar-refractivity contribution is -0.132. The smallest absolute Gasteiger partial charge is 0.236 e. The first kappa shape index (κ1) is 14.8. The molecule has 0 bridgehead atoms. The van der Waals surface area contributed by atoms with E-state index in [0.29, 0.717) is 18.6 Å². The summed E-state index contributed by atoms with van der Waals surface area (Å²) < 4.78 is 0. The van der Waals surface area contributed by atoms with Crippen LogP contribution in [0.15, 0.2) is 0 Å². The second kappa shape index (κ2) is 6.71. The Kier molecular flexibility index (Phi) is 5.22. The highest BCUT2D eigenvalue weighted by molar-refractivity contribution is 5.78. The molecule has 0 radical (unpaired) electrons. The third-order valence-corrected chi connectivity index (χ3v) is 4.46. The molecule has 110 valence electrons. The Bertz CT molecular complexity index is 296. The molecule has 1 saturated carbocycles. The molecule has 1 unspecified atom stereocenters. The van der Waals surface area contributed by atoms with Crippen molar-refractivity contribution in [2.75, 3.05) is 33.2 Å². The van der Waals surface area contributed by atoms with Crippen molar-refractivity contribution in [3.8, 4) is 0 Å². The van der Waals surface area contributed by atoms with Crippen molar-refractivity contribution in [3.05, 3.63) is 0 Å². The molecule has 1 aliphatic carbocycles. The van der Waals surface area contributed by atoms with E-state index in [2.05, 4.69) is 24.1 Å². The number of hydrogen-bond acceptors (Lipinski definition) is 3. The molecule has 1 amide bonds. The maximum atomic E-state index is 12.2. The molecule has 2 rings (SSSR count). The van der Waals surface area contributed by atoms with Crippen molar-refractivity contribution < 1.29 is 4.79 Å². The third-order valence-electron chi connectivity index (χ3n) is 4.46. The minimum atomic E-state index is 0.269. The van der Waals surface area contributed by atoms with Gasteiger partial charge in [-0.15, -0.1) is 0 Å². The third kappa shape index (κ3) is 4.46. The SMILES string of the molecule is CC(C)N(C)C(=O)CN(CC1CCCNC1)C1CC1. The number of nitrogens with one attached hydrogen (secondary N) is 1. The van der Waals surface area contributed by atoms with Crippen LogP contribution in [0.1, 0.15) is 39.5 Å². The number of piperidine rings is 1. The lowest BCUT2D eigenvalue weighted by Gasteiger charge is -2.31. The average molecular weight is 267 g/mol. The zero-order valence-corrected chi connectivity index (χ0v) is 12.7. The zero-order chi connectivity index (χ0) is 13.8. The number of likely N-dealkylation sites (N-methyl/N-ethyl adjacent to an activating group) is 1. The largest absolute Gasteiger partial charge is 0.342 e. The molecule has 1 aliphatic heterocycles. The minimum absolute atomic E-state index is 0.269. The summed E-state index contributed by atoms with van der Waals surface area (Å²) in [6.45, 7) is 8.13. The summed E-state index contributed by atoms with van der Waals surface area (Å²) in [5, 5.41) is 3.47. The fourth-order valence-corrected chi connectivity index (χ4v) is 2.77. The Balaban J connectivity index is 1.83. The highest BCUT2D eigenvalue weighted by Crippen LogP contribution is 2.28. The first-order chi connectivity index (χ1) is 9.08. The van der Waals surface area contributed by atoms with Gasteiger partial charge in [-0.05, 0) is 58.5 Å². The quantitative estimate of drug-likeness (QED) is 0.788. The van der Waals surface area contributed by atoms with Crippen LogP contribution in [0.4, 0.5) is 0 Å². The van der Waals surface area contributed by atoms with Crippen molar-refractivity contribution >= 4 is 5.91 Å². The number of amides is 1. The van der Waals surface area contributed by atoms with Gasteiger partial charge in [0.1, 0.15) is 0 Å². The van der Waals surface area contributed by atoms with Gasteiger partial charge in [-0.1, -0.05) is 0 Å². The standard InChI is InChI=1S/C15H29N3O/c1-12(2)17(3)15(19)11-18(14-6-7-14)10-13-5-4-8-16-9-13/h12-14,16H,4-11H2,1-3H3. The van der Waals surface area contributed by atoms with Gasteiger partial charge in [-0.2, -0.15) is 0 Å². The topological polar surface area (TPSA) is 35.6 Å². The first-order valence-electron chi connectivity index (χ1n) is 7.78. The van der Waals surface area contributed by atoms with Gasteiger partial charge in [-0.25, -0.2) is 0 Å². The average Bonchev–Trinajstić information content (AvgIpc) is 3.22. The lowest BCUT2D eigenvalue weighted by Crippen LogP contribution is -2.45. The summed E-state index contributed by atoms with van der Waals surface area (Å²) in [6, 6.07) is 0.969. The van der Waals surface area contributed by atoms with E-state index >= 15 is 0 Å². The van der Waals surface area contributed by atoms with Crippen LogP contribution in [0, 0.1) is 5.92 Å². The van der Waals surface area contributed by atoms with E-state index in [1.54, 1.807) is 0 Å². The van der Waals surface area contributed by atoms with Crippen molar-refractivity contribution in [2.24, 2.45) is 5.92 Å². The maximum absolute atomic E-state index is 12.2. The molecule has 2 fully saturated rings. The molecule has 4 nitrogen and oxygen atoms in total. The molecule has 1 atom stereocenters. The van der Waals surface area contributed by atoms with E-state index in [4.69, 9.17) is 0 Å². The van der Waals surface area contributed by atoms with Crippen molar-refractivity contribution in [1.82, 2.24) is 15.1 Å². The van der Waals surface area contributed by atoms with Crippen LogP contribution in [0.2, 0.25) is 0 Å². The maximum Gasteiger partial charge on any atom is 0.236 e. The molecule has 1 N–H and O–H groups in total. The van der Waals surface area contributed by atoms with Crippen LogP contribution in [-0.2, 0) is 4.79 Å². The molecule has 0 spiro atoms. The van der Waals surface area contributed by atoms with E-state index in [9.17, 15) is 4.79 Å². The predicted octanol–water partition coefficient (Wildman–Crippen LogP) is 1.32. The number of hydrogen-bond donors (Lipinski definition) is 1. The van der Waals surface area contributed by atoms with Crippen LogP contribution in [0.3, 0.4) is 0 Å². The van der Waals surface area contributed by atoms with E-state index in [1.807, 2.05) is 11.9 Å². The van der Waals surface area contributed by atoms with Crippen LogP contribution in [0.5, 0.6) is 0 Å². The lowest BCUT2D eigenvalue weighted by atomic mass is 9.99. The molecular weight excluding hydrogens is 238 g/mol. The summed E-state index contributed by atoms with van der Waals surface area (Å²) in [6.07, 6.45) is 5.14. The Morgan fingerprint density at radius 2 is 2.05 bits per heavy atom. The van der Waals surface area contributed by atoms with E-state index in [1.165, 1.54) is 25.7 Å². The molecule has 0 aromatic heterocycles. The Hall–Kier alpha value is -0.610. The number of rotatable bonds is 6. The van der Waals surface area contributed by atoms with E-state index in [0.717, 1.165) is 25.6 Å². The highest BCUT2D eigenvalue weighted by Gasteiger charge is 2.32. The van der Waals surface area contributed by atoms with Gasteiger partial charge < -0.3 is 10.2 Å². The summed E-state index contributed by atoms with van der Waals surface area (Å²) in [4.78, 5) is 16.5. The Labute approximate surface area is 117 Å². The van der Waals surface area contributed by atoms with Gasteiger partial charge >= 0.3 is 0 Å². The highest BCUT2D eigenvalue weighted by atomic mass is 16.2. The first-order valence-corrected chi connectivity index (χ1v) is 7.78. The number of nitrogens with zero attached hydrogens (tertiary/aromatic N) is 2. The number of carbonyl (C=O) groups is 1. The molecule has 0 aromatic rings. The molecule has 4 heteroatoms. The molecular formula is C15H29N3O. The van der Waals surface area contributed by atoms with Crippen molar-refractivity contribution in [3.63, 3.8) is 0 Å². The molecule has 0 aromatic carbocycles. The molecule has 2 aliphatic rings. The van der Waals surface area contributed by atoms with Crippen LogP contribution < -0.4 is 5.32 Å². The second-order valence-corrected chi connectivity index (χ2v) is 6.47. The van der Waals surface area contributed by atoms with Crippen molar-refractivity contribution in [1.29, 1.82) is 0 Å². The second-order valence-electron chi connectivity index (χ2n) is 6.47. The summed E-state index contributed by atoms with van der Waals surface area (Å²) in [5.41, 5.74) is 0. The summed E-state index contributed by atoms with van der Waals surface area (Å²) >= 11 is 0. The Morgan fingerprint density at radius 1 is 1.32 bits per heavy atom. The fourth-order valence-electron chi connectivity index (χ4n) is 2.77. The molecule has 19 heavy (non-hydrogen) atoms. The number of carbonyl (C=O) groups excluding carboxylic acids is 1. The van der Waals surface area contributed by atoms with Gasteiger partial charge in [0.05, 0.1) is 6.54 Å². The summed E-state index contributed by atoms with van der Waals surface area (Å²) in [7, 11) is 1.92. The molecule has 1 saturated heterocycles. The van der Waals surface area contributed by atoms with Crippen LogP contribution in [0.25, 0.3) is 0 Å². The predicted molar refractivity (Wildman–Crippen MR) is 78.1 cm³/mol. The normalized spacial score (nSPS) is 23.9. The fraction of sp³-hybridized carbons (Fsp3) is 0.933. The minimum Gasteiger partial charge on any atom is -0.342 e. The van der Waals surface area contributed by atoms with Crippen molar-refractivity contribution in [2.45, 2.75) is 51.6 Å². The summed E-state index contributed by atoms with van der Waals surface area (Å²) in [5.74, 6) is 0.997. The van der Waals surface area contributed by atoms with Gasteiger partial charge in [0, 0.05) is 25.7 Å². The molecule has 1 heterocycles. The van der Waals surface area contributed by atoms with Crippen LogP contribution in [-0.4, -0.2) is 61.0 Å². The Morgan fingerprint density at radius 3 is 2.58 bits per heavy atom. The van der Waals surface area contributed by atoms with E-state index in [-0.39, 0.29) is 5.91 Å². The monoisotopic (exact) mass is 267 g/mol. The zero-order valence-electron chi connectivity index (χ0n) is 12.7.